The van der Waals surface area contributed by atoms with E-state index >= 15 is 0 Å². The van der Waals surface area contributed by atoms with Crippen LogP contribution in [0.2, 0.25) is 10.0 Å². The Kier molecular flexibility index (Phi) is 6.04. The average molecular weight is 323 g/mol. The van der Waals surface area contributed by atoms with Crippen LogP contribution >= 0.6 is 23.2 Å². The number of halogens is 2. The maximum atomic E-state index is 6.30. The summed E-state index contributed by atoms with van der Waals surface area (Å²) >= 11 is 12.3. The standard InChI is InChI=1S/C17H20Cl2N2/c1-3-12-6-5-9-21-17(12)16(20-4-2)10-13-7-8-14(18)11-15(13)19/h5-9,11,16,20H,3-4,10H2,1-2H3. The first-order chi connectivity index (χ1) is 10.2. The third kappa shape index (κ3) is 4.19. The van der Waals surface area contributed by atoms with Gasteiger partial charge in [0.25, 0.3) is 0 Å². The van der Waals surface area contributed by atoms with E-state index < -0.39 is 0 Å². The van der Waals surface area contributed by atoms with Crippen molar-refractivity contribution in [3.8, 4) is 0 Å². The second-order valence-corrected chi connectivity index (χ2v) is 5.80. The summed E-state index contributed by atoms with van der Waals surface area (Å²) in [5.74, 6) is 0. The van der Waals surface area contributed by atoms with Crippen molar-refractivity contribution in [1.29, 1.82) is 0 Å². The number of nitrogens with one attached hydrogen (secondary N) is 1. The summed E-state index contributed by atoms with van der Waals surface area (Å²) in [4.78, 5) is 4.58. The topological polar surface area (TPSA) is 24.9 Å². The molecule has 2 aromatic rings. The first-order valence-corrected chi connectivity index (χ1v) is 8.02. The molecule has 1 heterocycles. The minimum absolute atomic E-state index is 0.157. The minimum Gasteiger partial charge on any atom is -0.309 e. The molecule has 112 valence electrons. The molecule has 1 aromatic carbocycles. The van der Waals surface area contributed by atoms with Crippen LogP contribution in [-0.2, 0) is 12.8 Å². The second kappa shape index (κ2) is 7.79. The van der Waals surface area contributed by atoms with Crippen LogP contribution in [0.3, 0.4) is 0 Å². The van der Waals surface area contributed by atoms with E-state index in [1.165, 1.54) is 5.56 Å². The molecule has 1 aromatic heterocycles. The smallest absolute Gasteiger partial charge is 0.0608 e. The van der Waals surface area contributed by atoms with Gasteiger partial charge in [-0.3, -0.25) is 4.98 Å². The van der Waals surface area contributed by atoms with Gasteiger partial charge in [-0.15, -0.1) is 0 Å². The van der Waals surface area contributed by atoms with Crippen LogP contribution < -0.4 is 5.32 Å². The Hall–Kier alpha value is -1.09. The number of aryl methyl sites for hydroxylation is 1. The minimum atomic E-state index is 0.157. The van der Waals surface area contributed by atoms with E-state index in [1.807, 2.05) is 24.4 Å². The molecular formula is C17H20Cl2N2. The van der Waals surface area contributed by atoms with Crippen molar-refractivity contribution in [3.05, 3.63) is 63.4 Å². The van der Waals surface area contributed by atoms with Crippen molar-refractivity contribution in [3.63, 3.8) is 0 Å². The fourth-order valence-corrected chi connectivity index (χ4v) is 2.97. The zero-order valence-corrected chi connectivity index (χ0v) is 13.9. The summed E-state index contributed by atoms with van der Waals surface area (Å²) in [7, 11) is 0. The van der Waals surface area contributed by atoms with Gasteiger partial charge in [-0.25, -0.2) is 0 Å². The van der Waals surface area contributed by atoms with E-state index in [1.54, 1.807) is 6.07 Å². The van der Waals surface area contributed by atoms with E-state index in [2.05, 4.69) is 30.2 Å². The molecule has 0 amide bonds. The summed E-state index contributed by atoms with van der Waals surface area (Å²) in [6, 6.07) is 9.94. The fourth-order valence-electron chi connectivity index (χ4n) is 2.48. The SMILES string of the molecule is CCNC(Cc1ccc(Cl)cc1Cl)c1ncccc1CC. The molecule has 1 atom stereocenters. The van der Waals surface area contributed by atoms with Crippen molar-refractivity contribution in [1.82, 2.24) is 10.3 Å². The Morgan fingerprint density at radius 3 is 2.62 bits per heavy atom. The lowest BCUT2D eigenvalue weighted by Crippen LogP contribution is -2.25. The van der Waals surface area contributed by atoms with Gasteiger partial charge < -0.3 is 5.32 Å². The molecule has 0 aliphatic carbocycles. The van der Waals surface area contributed by atoms with E-state index in [-0.39, 0.29) is 6.04 Å². The summed E-state index contributed by atoms with van der Waals surface area (Å²) < 4.78 is 0. The number of hydrogen-bond donors (Lipinski definition) is 1. The molecule has 0 aliphatic heterocycles. The molecule has 4 heteroatoms. The van der Waals surface area contributed by atoms with Gasteiger partial charge in [0.05, 0.1) is 11.7 Å². The molecule has 2 rings (SSSR count). The fraction of sp³-hybridized carbons (Fsp3) is 0.353. The molecule has 2 nitrogen and oxygen atoms in total. The van der Waals surface area contributed by atoms with Gasteiger partial charge in [0.15, 0.2) is 0 Å². The number of pyridine rings is 1. The van der Waals surface area contributed by atoms with Crippen molar-refractivity contribution >= 4 is 23.2 Å². The Labute approximate surface area is 136 Å². The normalized spacial score (nSPS) is 12.4. The van der Waals surface area contributed by atoms with Gasteiger partial charge in [-0.2, -0.15) is 0 Å². The number of hydrogen-bond acceptors (Lipinski definition) is 2. The van der Waals surface area contributed by atoms with Crippen LogP contribution in [0.5, 0.6) is 0 Å². The highest BCUT2D eigenvalue weighted by Crippen LogP contribution is 2.27. The van der Waals surface area contributed by atoms with E-state index in [9.17, 15) is 0 Å². The number of rotatable bonds is 6. The summed E-state index contributed by atoms with van der Waals surface area (Å²) in [5, 5.41) is 4.88. The maximum absolute atomic E-state index is 6.30. The highest BCUT2D eigenvalue weighted by atomic mass is 35.5. The summed E-state index contributed by atoms with van der Waals surface area (Å²) in [6.45, 7) is 5.14. The zero-order chi connectivity index (χ0) is 15.2. The Balaban J connectivity index is 2.30. The first kappa shape index (κ1) is 16.3. The van der Waals surface area contributed by atoms with Crippen LogP contribution in [0.25, 0.3) is 0 Å². The third-order valence-electron chi connectivity index (χ3n) is 3.53. The molecule has 0 spiro atoms. The Morgan fingerprint density at radius 1 is 1.14 bits per heavy atom. The van der Waals surface area contributed by atoms with Gasteiger partial charge in [0.2, 0.25) is 0 Å². The van der Waals surface area contributed by atoms with Crippen molar-refractivity contribution in [2.24, 2.45) is 0 Å². The molecular weight excluding hydrogens is 303 g/mol. The monoisotopic (exact) mass is 322 g/mol. The molecule has 1 unspecified atom stereocenters. The number of nitrogens with zero attached hydrogens (tertiary/aromatic N) is 1. The molecule has 0 saturated carbocycles. The van der Waals surface area contributed by atoms with Crippen LogP contribution in [0.4, 0.5) is 0 Å². The molecule has 21 heavy (non-hydrogen) atoms. The van der Waals surface area contributed by atoms with Gasteiger partial charge >= 0.3 is 0 Å². The Bertz CT molecular complexity index is 599. The summed E-state index contributed by atoms with van der Waals surface area (Å²) in [5.41, 5.74) is 3.46. The lowest BCUT2D eigenvalue weighted by atomic mass is 9.98. The van der Waals surface area contributed by atoms with Gasteiger partial charge in [0, 0.05) is 16.2 Å². The molecule has 0 aliphatic rings. The van der Waals surface area contributed by atoms with Crippen LogP contribution in [0, 0.1) is 0 Å². The van der Waals surface area contributed by atoms with E-state index in [0.29, 0.717) is 10.0 Å². The lowest BCUT2D eigenvalue weighted by Gasteiger charge is -2.20. The molecule has 0 fully saturated rings. The largest absolute Gasteiger partial charge is 0.309 e. The van der Waals surface area contributed by atoms with E-state index in [0.717, 1.165) is 30.6 Å². The van der Waals surface area contributed by atoms with Crippen molar-refractivity contribution < 1.29 is 0 Å². The summed E-state index contributed by atoms with van der Waals surface area (Å²) in [6.07, 6.45) is 3.62. The quantitative estimate of drug-likeness (QED) is 0.822. The Morgan fingerprint density at radius 2 is 1.95 bits per heavy atom. The molecule has 0 radical (unpaired) electrons. The van der Waals surface area contributed by atoms with Crippen LogP contribution in [0.15, 0.2) is 36.5 Å². The highest BCUT2D eigenvalue weighted by Gasteiger charge is 2.17. The van der Waals surface area contributed by atoms with Crippen molar-refractivity contribution in [2.45, 2.75) is 32.7 Å². The third-order valence-corrected chi connectivity index (χ3v) is 4.11. The number of aromatic nitrogens is 1. The van der Waals surface area contributed by atoms with E-state index in [4.69, 9.17) is 23.2 Å². The number of likely N-dealkylation sites (N-methyl/N-ethyl adjacent to an activating group) is 1. The van der Waals surface area contributed by atoms with Gasteiger partial charge in [0.1, 0.15) is 0 Å². The van der Waals surface area contributed by atoms with Crippen LogP contribution in [0.1, 0.15) is 36.7 Å². The van der Waals surface area contributed by atoms with Gasteiger partial charge in [-0.05, 0) is 48.7 Å². The van der Waals surface area contributed by atoms with Crippen molar-refractivity contribution in [2.75, 3.05) is 6.54 Å². The molecule has 0 bridgehead atoms. The predicted molar refractivity (Wildman–Crippen MR) is 90.2 cm³/mol. The highest BCUT2D eigenvalue weighted by molar-refractivity contribution is 6.35. The average Bonchev–Trinajstić information content (AvgIpc) is 2.49. The predicted octanol–water partition coefficient (Wildman–Crippen LogP) is 4.84. The first-order valence-electron chi connectivity index (χ1n) is 7.26. The molecule has 1 N–H and O–H groups in total. The van der Waals surface area contributed by atoms with Crippen LogP contribution in [-0.4, -0.2) is 11.5 Å². The molecule has 0 saturated heterocycles. The van der Waals surface area contributed by atoms with Gasteiger partial charge in [-0.1, -0.05) is 49.2 Å². The second-order valence-electron chi connectivity index (χ2n) is 4.95. The lowest BCUT2D eigenvalue weighted by molar-refractivity contribution is 0.532. The maximum Gasteiger partial charge on any atom is 0.0608 e. The number of benzene rings is 1. The zero-order valence-electron chi connectivity index (χ0n) is 12.4.